The van der Waals surface area contributed by atoms with E-state index in [2.05, 4.69) is 15.5 Å². The molecule has 0 unspecified atom stereocenters. The van der Waals surface area contributed by atoms with Crippen LogP contribution in [0.5, 0.6) is 0 Å². The molecule has 0 aliphatic rings. The number of hydrogen-bond donors (Lipinski definition) is 1. The number of nitrogens with zero attached hydrogens (tertiary/aromatic N) is 2. The van der Waals surface area contributed by atoms with Gasteiger partial charge >= 0.3 is 0 Å². The Morgan fingerprint density at radius 3 is 2.60 bits per heavy atom. The van der Waals surface area contributed by atoms with Crippen LogP contribution in [0.25, 0.3) is 0 Å². The Balaban J connectivity index is 1.64. The lowest BCUT2D eigenvalue weighted by Gasteiger charge is -2.09. The topological polar surface area (TPSA) is 68.0 Å². The van der Waals surface area contributed by atoms with Crippen LogP contribution in [0, 0.1) is 13.8 Å². The quantitative estimate of drug-likeness (QED) is 0.681. The van der Waals surface area contributed by atoms with Crippen LogP contribution >= 0.6 is 11.8 Å². The Morgan fingerprint density at radius 2 is 1.88 bits per heavy atom. The van der Waals surface area contributed by atoms with Crippen LogP contribution in [0.1, 0.15) is 33.2 Å². The van der Waals surface area contributed by atoms with E-state index in [-0.39, 0.29) is 5.91 Å². The van der Waals surface area contributed by atoms with Gasteiger partial charge in [-0.2, -0.15) is 4.98 Å². The molecule has 1 heterocycles. The molecule has 0 saturated carbocycles. The van der Waals surface area contributed by atoms with Gasteiger partial charge in [-0.1, -0.05) is 47.1 Å². The van der Waals surface area contributed by atoms with E-state index in [1.807, 2.05) is 55.5 Å². The maximum Gasteiger partial charge on any atom is 0.252 e. The maximum absolute atomic E-state index is 12.5. The van der Waals surface area contributed by atoms with E-state index in [0.29, 0.717) is 29.6 Å². The van der Waals surface area contributed by atoms with Crippen molar-refractivity contribution in [1.29, 1.82) is 0 Å². The van der Waals surface area contributed by atoms with Gasteiger partial charge in [-0.15, -0.1) is 11.8 Å². The van der Waals surface area contributed by atoms with Gasteiger partial charge in [0.2, 0.25) is 5.89 Å². The zero-order valence-corrected chi connectivity index (χ0v) is 15.0. The maximum atomic E-state index is 12.5. The smallest absolute Gasteiger partial charge is 0.252 e. The highest BCUT2D eigenvalue weighted by Crippen LogP contribution is 2.25. The number of aromatic nitrogens is 2. The minimum atomic E-state index is -0.0922. The van der Waals surface area contributed by atoms with Crippen LogP contribution in [-0.2, 0) is 12.3 Å². The average Bonchev–Trinajstić information content (AvgIpc) is 3.05. The zero-order valence-electron chi connectivity index (χ0n) is 14.2. The Morgan fingerprint density at radius 1 is 1.12 bits per heavy atom. The Labute approximate surface area is 150 Å². The summed E-state index contributed by atoms with van der Waals surface area (Å²) in [4.78, 5) is 17.6. The van der Waals surface area contributed by atoms with Gasteiger partial charge in [0.05, 0.1) is 11.3 Å². The third kappa shape index (κ3) is 4.70. The van der Waals surface area contributed by atoms with E-state index < -0.39 is 0 Å². The number of amides is 1. The van der Waals surface area contributed by atoms with Crippen molar-refractivity contribution >= 4 is 17.7 Å². The first-order valence-electron chi connectivity index (χ1n) is 7.96. The summed E-state index contributed by atoms with van der Waals surface area (Å²) in [5.41, 5.74) is 2.93. The van der Waals surface area contributed by atoms with E-state index in [9.17, 15) is 4.79 Å². The summed E-state index contributed by atoms with van der Waals surface area (Å²) >= 11 is 1.51. The molecule has 2 aromatic carbocycles. The summed E-state index contributed by atoms with van der Waals surface area (Å²) in [6.07, 6.45) is 0. The van der Waals surface area contributed by atoms with Crippen LogP contribution in [0.4, 0.5) is 0 Å². The fourth-order valence-corrected chi connectivity index (χ4v) is 3.19. The molecule has 0 atom stereocenters. The summed E-state index contributed by atoms with van der Waals surface area (Å²) in [6, 6.07) is 15.7. The number of carbonyl (C=O) groups excluding carboxylic acids is 1. The van der Waals surface area contributed by atoms with Crippen molar-refractivity contribution in [1.82, 2.24) is 15.5 Å². The fourth-order valence-electron chi connectivity index (χ4n) is 2.30. The monoisotopic (exact) mass is 353 g/mol. The average molecular weight is 353 g/mol. The first-order chi connectivity index (χ1) is 12.1. The largest absolute Gasteiger partial charge is 0.348 e. The number of aryl methyl sites for hydroxylation is 2. The van der Waals surface area contributed by atoms with Gasteiger partial charge in [0.25, 0.3) is 5.91 Å². The second-order valence-corrected chi connectivity index (χ2v) is 6.71. The molecule has 3 rings (SSSR count). The molecule has 0 saturated heterocycles. The van der Waals surface area contributed by atoms with Crippen LogP contribution in [0.15, 0.2) is 57.9 Å². The van der Waals surface area contributed by atoms with Gasteiger partial charge in [-0.05, 0) is 31.5 Å². The molecule has 0 aliphatic heterocycles. The fraction of sp³-hybridized carbons (Fsp3) is 0.211. The Hall–Kier alpha value is -2.60. The predicted molar refractivity (Wildman–Crippen MR) is 97.4 cm³/mol. The number of rotatable bonds is 6. The molecule has 0 fully saturated rings. The van der Waals surface area contributed by atoms with E-state index in [0.717, 1.165) is 10.5 Å². The molecule has 1 aromatic heterocycles. The summed E-state index contributed by atoms with van der Waals surface area (Å²) < 4.78 is 5.12. The number of benzene rings is 2. The van der Waals surface area contributed by atoms with Crippen LogP contribution in [0.2, 0.25) is 0 Å². The van der Waals surface area contributed by atoms with Crippen molar-refractivity contribution in [3.63, 3.8) is 0 Å². The first kappa shape index (κ1) is 17.2. The van der Waals surface area contributed by atoms with Gasteiger partial charge in [0, 0.05) is 11.4 Å². The normalized spacial score (nSPS) is 10.6. The van der Waals surface area contributed by atoms with Crippen molar-refractivity contribution in [2.45, 2.75) is 31.0 Å². The van der Waals surface area contributed by atoms with Gasteiger partial charge in [-0.25, -0.2) is 0 Å². The van der Waals surface area contributed by atoms with Crippen LogP contribution in [-0.4, -0.2) is 16.0 Å². The Bertz CT molecular complexity index is 859. The highest BCUT2D eigenvalue weighted by atomic mass is 32.2. The number of carbonyl (C=O) groups is 1. The van der Waals surface area contributed by atoms with Crippen molar-refractivity contribution < 1.29 is 9.32 Å². The van der Waals surface area contributed by atoms with Gasteiger partial charge < -0.3 is 9.84 Å². The second kappa shape index (κ2) is 7.98. The second-order valence-electron chi connectivity index (χ2n) is 5.69. The lowest BCUT2D eigenvalue weighted by atomic mass is 10.1. The third-order valence-electron chi connectivity index (χ3n) is 3.63. The molecule has 25 heavy (non-hydrogen) atoms. The van der Waals surface area contributed by atoms with Gasteiger partial charge in [-0.3, -0.25) is 4.79 Å². The number of thioether (sulfide) groups is 1. The predicted octanol–water partition coefficient (Wildman–Crippen LogP) is 3.91. The molecular formula is C19H19N3O2S. The molecular weight excluding hydrogens is 334 g/mol. The van der Waals surface area contributed by atoms with E-state index in [1.165, 1.54) is 17.3 Å². The van der Waals surface area contributed by atoms with Crippen molar-refractivity contribution in [3.05, 3.63) is 76.9 Å². The van der Waals surface area contributed by atoms with E-state index in [4.69, 9.17) is 4.52 Å². The van der Waals surface area contributed by atoms with E-state index >= 15 is 0 Å². The van der Waals surface area contributed by atoms with Crippen LogP contribution < -0.4 is 5.32 Å². The molecule has 5 nitrogen and oxygen atoms in total. The molecule has 128 valence electrons. The number of nitrogens with one attached hydrogen (secondary N) is 1. The third-order valence-corrected chi connectivity index (χ3v) is 4.68. The summed E-state index contributed by atoms with van der Waals surface area (Å²) in [7, 11) is 0. The molecule has 0 spiro atoms. The highest BCUT2D eigenvalue weighted by molar-refractivity contribution is 7.98. The van der Waals surface area contributed by atoms with E-state index in [1.54, 1.807) is 6.92 Å². The molecule has 0 aliphatic carbocycles. The molecule has 0 radical (unpaired) electrons. The number of hydrogen-bond acceptors (Lipinski definition) is 5. The van der Waals surface area contributed by atoms with Gasteiger partial charge in [0.1, 0.15) is 0 Å². The lowest BCUT2D eigenvalue weighted by Crippen LogP contribution is -2.23. The Kier molecular flexibility index (Phi) is 5.50. The van der Waals surface area contributed by atoms with Crippen molar-refractivity contribution in [2.24, 2.45) is 0 Å². The summed E-state index contributed by atoms with van der Waals surface area (Å²) in [6.45, 7) is 4.33. The zero-order chi connectivity index (χ0) is 17.6. The van der Waals surface area contributed by atoms with Crippen molar-refractivity contribution in [2.75, 3.05) is 0 Å². The van der Waals surface area contributed by atoms with Crippen LogP contribution in [0.3, 0.4) is 0 Å². The molecule has 6 heteroatoms. The molecule has 0 bridgehead atoms. The first-order valence-corrected chi connectivity index (χ1v) is 8.95. The summed E-state index contributed by atoms with van der Waals surface area (Å²) in [5.74, 6) is 1.60. The standard InChI is InChI=1S/C19H19N3O2S/c1-13-7-9-15(10-8-13)11-20-19(23)16-5-3-4-6-17(16)25-12-18-21-14(2)22-24-18/h3-10H,11-12H2,1-2H3,(H,20,23). The lowest BCUT2D eigenvalue weighted by molar-refractivity contribution is 0.0948. The SMILES string of the molecule is Cc1ccc(CNC(=O)c2ccccc2SCc2nc(C)no2)cc1. The highest BCUT2D eigenvalue weighted by Gasteiger charge is 2.12. The van der Waals surface area contributed by atoms with Gasteiger partial charge in [0.15, 0.2) is 5.82 Å². The molecule has 1 amide bonds. The molecule has 3 aromatic rings. The van der Waals surface area contributed by atoms with Crippen molar-refractivity contribution in [3.8, 4) is 0 Å². The summed E-state index contributed by atoms with van der Waals surface area (Å²) in [5, 5.41) is 6.75. The minimum Gasteiger partial charge on any atom is -0.348 e. The molecule has 1 N–H and O–H groups in total. The minimum absolute atomic E-state index is 0.0922.